The topological polar surface area (TPSA) is 17.1 Å². The first-order chi connectivity index (χ1) is 8.88. The van der Waals surface area contributed by atoms with Gasteiger partial charge in [-0.1, -0.05) is 72.8 Å². The third-order valence-electron chi connectivity index (χ3n) is 2.82. The minimum Gasteiger partial charge on any atom is -0.303 e. The molecule has 1 atom stereocenters. The molecule has 0 aromatic heterocycles. The maximum absolute atomic E-state index is 11.1. The standard InChI is InChI=1S/C17H16O/c18-14-17(13-16-9-5-2-6-10-16)12-11-15-7-3-1-4-8-15/h1-12,14,17H,13H2/b12-11+/t17-/m0/s1. The van der Waals surface area contributed by atoms with Crippen molar-refractivity contribution in [3.63, 3.8) is 0 Å². The first-order valence-electron chi connectivity index (χ1n) is 6.11. The van der Waals surface area contributed by atoms with E-state index in [9.17, 15) is 4.79 Å². The Morgan fingerprint density at radius 2 is 1.50 bits per heavy atom. The zero-order chi connectivity index (χ0) is 12.6. The predicted octanol–water partition coefficient (Wildman–Crippen LogP) is 3.76. The van der Waals surface area contributed by atoms with Gasteiger partial charge < -0.3 is 4.79 Å². The number of benzene rings is 2. The molecule has 0 radical (unpaired) electrons. The molecule has 2 rings (SSSR count). The number of hydrogen-bond donors (Lipinski definition) is 0. The van der Waals surface area contributed by atoms with E-state index in [1.54, 1.807) is 0 Å². The van der Waals surface area contributed by atoms with Gasteiger partial charge in [0, 0.05) is 5.92 Å². The van der Waals surface area contributed by atoms with Gasteiger partial charge in [0.15, 0.2) is 0 Å². The molecule has 0 aliphatic heterocycles. The Morgan fingerprint density at radius 3 is 2.11 bits per heavy atom. The molecule has 0 amide bonds. The molecule has 0 spiro atoms. The number of rotatable bonds is 5. The molecule has 0 N–H and O–H groups in total. The largest absolute Gasteiger partial charge is 0.303 e. The van der Waals surface area contributed by atoms with Gasteiger partial charge in [-0.2, -0.15) is 0 Å². The average Bonchev–Trinajstić information content (AvgIpc) is 2.45. The van der Waals surface area contributed by atoms with Crippen LogP contribution in [-0.4, -0.2) is 6.29 Å². The second kappa shape index (κ2) is 6.55. The summed E-state index contributed by atoms with van der Waals surface area (Å²) in [7, 11) is 0. The van der Waals surface area contributed by atoms with Crippen LogP contribution in [0.5, 0.6) is 0 Å². The van der Waals surface area contributed by atoms with Gasteiger partial charge in [0.1, 0.15) is 6.29 Å². The van der Waals surface area contributed by atoms with Crippen molar-refractivity contribution in [1.29, 1.82) is 0 Å². The molecular formula is C17H16O. The molecular weight excluding hydrogens is 220 g/mol. The van der Waals surface area contributed by atoms with Gasteiger partial charge in [-0.05, 0) is 17.5 Å². The molecule has 2 aromatic carbocycles. The van der Waals surface area contributed by atoms with Crippen LogP contribution in [0.4, 0.5) is 0 Å². The summed E-state index contributed by atoms with van der Waals surface area (Å²) in [5.74, 6) is -0.0624. The van der Waals surface area contributed by atoms with E-state index < -0.39 is 0 Å². The lowest BCUT2D eigenvalue weighted by Gasteiger charge is -2.04. The molecule has 0 saturated carbocycles. The second-order valence-corrected chi connectivity index (χ2v) is 4.26. The molecule has 1 nitrogen and oxygen atoms in total. The number of hydrogen-bond acceptors (Lipinski definition) is 1. The summed E-state index contributed by atoms with van der Waals surface area (Å²) >= 11 is 0. The summed E-state index contributed by atoms with van der Waals surface area (Å²) in [5, 5.41) is 0. The molecule has 0 fully saturated rings. The van der Waals surface area contributed by atoms with E-state index >= 15 is 0 Å². The summed E-state index contributed by atoms with van der Waals surface area (Å²) in [5.41, 5.74) is 2.31. The fourth-order valence-corrected chi connectivity index (χ4v) is 1.85. The van der Waals surface area contributed by atoms with E-state index in [1.807, 2.05) is 72.8 Å². The summed E-state index contributed by atoms with van der Waals surface area (Å²) < 4.78 is 0. The SMILES string of the molecule is O=C[C@@H](/C=C/c1ccccc1)Cc1ccccc1. The van der Waals surface area contributed by atoms with Crippen molar-refractivity contribution < 1.29 is 4.79 Å². The van der Waals surface area contributed by atoms with Gasteiger partial charge in [-0.3, -0.25) is 0 Å². The molecule has 0 unspecified atom stereocenters. The third-order valence-corrected chi connectivity index (χ3v) is 2.82. The lowest BCUT2D eigenvalue weighted by molar-refractivity contribution is -0.109. The van der Waals surface area contributed by atoms with E-state index in [0.29, 0.717) is 0 Å². The molecule has 90 valence electrons. The molecule has 0 bridgehead atoms. The van der Waals surface area contributed by atoms with Crippen molar-refractivity contribution in [2.24, 2.45) is 5.92 Å². The number of allylic oxidation sites excluding steroid dienone is 1. The summed E-state index contributed by atoms with van der Waals surface area (Å²) in [4.78, 5) is 11.1. The molecule has 0 aliphatic rings. The number of aldehydes is 1. The fraction of sp³-hybridized carbons (Fsp3) is 0.118. The highest BCUT2D eigenvalue weighted by atomic mass is 16.1. The van der Waals surface area contributed by atoms with Crippen LogP contribution in [0.3, 0.4) is 0 Å². The Hall–Kier alpha value is -2.15. The van der Waals surface area contributed by atoms with Gasteiger partial charge in [-0.15, -0.1) is 0 Å². The van der Waals surface area contributed by atoms with Crippen LogP contribution in [0.2, 0.25) is 0 Å². The van der Waals surface area contributed by atoms with Crippen LogP contribution in [0.25, 0.3) is 6.08 Å². The smallest absolute Gasteiger partial charge is 0.127 e. The van der Waals surface area contributed by atoms with Crippen LogP contribution in [0.1, 0.15) is 11.1 Å². The van der Waals surface area contributed by atoms with Crippen molar-refractivity contribution in [2.75, 3.05) is 0 Å². The summed E-state index contributed by atoms with van der Waals surface area (Å²) in [6, 6.07) is 20.1. The molecule has 2 aromatic rings. The predicted molar refractivity (Wildman–Crippen MR) is 75.2 cm³/mol. The van der Waals surface area contributed by atoms with Crippen LogP contribution >= 0.6 is 0 Å². The van der Waals surface area contributed by atoms with E-state index in [0.717, 1.165) is 18.3 Å². The minimum absolute atomic E-state index is 0.0624. The van der Waals surface area contributed by atoms with Gasteiger partial charge in [0.2, 0.25) is 0 Å². The highest BCUT2D eigenvalue weighted by Gasteiger charge is 2.03. The van der Waals surface area contributed by atoms with Crippen LogP contribution in [0.15, 0.2) is 66.7 Å². The zero-order valence-electron chi connectivity index (χ0n) is 10.2. The highest BCUT2D eigenvalue weighted by molar-refractivity contribution is 5.61. The van der Waals surface area contributed by atoms with Crippen LogP contribution in [-0.2, 0) is 11.2 Å². The van der Waals surface area contributed by atoms with E-state index in [4.69, 9.17) is 0 Å². The second-order valence-electron chi connectivity index (χ2n) is 4.26. The average molecular weight is 236 g/mol. The van der Waals surface area contributed by atoms with Crippen molar-refractivity contribution >= 4 is 12.4 Å². The summed E-state index contributed by atoms with van der Waals surface area (Å²) in [6.45, 7) is 0. The quantitative estimate of drug-likeness (QED) is 0.722. The van der Waals surface area contributed by atoms with Gasteiger partial charge in [0.25, 0.3) is 0 Å². The third kappa shape index (κ3) is 3.70. The number of carbonyl (C=O) groups is 1. The van der Waals surface area contributed by atoms with E-state index in [2.05, 4.69) is 0 Å². The van der Waals surface area contributed by atoms with Gasteiger partial charge >= 0.3 is 0 Å². The lowest BCUT2D eigenvalue weighted by Crippen LogP contribution is -2.02. The summed E-state index contributed by atoms with van der Waals surface area (Å²) in [6.07, 6.45) is 5.73. The normalized spacial score (nSPS) is 12.4. The molecule has 0 aliphatic carbocycles. The maximum atomic E-state index is 11.1. The zero-order valence-corrected chi connectivity index (χ0v) is 10.2. The monoisotopic (exact) mass is 236 g/mol. The number of carbonyl (C=O) groups excluding carboxylic acids is 1. The molecule has 1 heteroatoms. The van der Waals surface area contributed by atoms with Crippen molar-refractivity contribution in [3.8, 4) is 0 Å². The molecule has 18 heavy (non-hydrogen) atoms. The van der Waals surface area contributed by atoms with Crippen LogP contribution < -0.4 is 0 Å². The highest BCUT2D eigenvalue weighted by Crippen LogP contribution is 2.10. The minimum atomic E-state index is -0.0624. The van der Waals surface area contributed by atoms with Crippen molar-refractivity contribution in [2.45, 2.75) is 6.42 Å². The van der Waals surface area contributed by atoms with Gasteiger partial charge in [0.05, 0.1) is 0 Å². The van der Waals surface area contributed by atoms with Crippen LogP contribution in [0, 0.1) is 5.92 Å². The van der Waals surface area contributed by atoms with E-state index in [1.165, 1.54) is 5.56 Å². The molecule has 0 saturated heterocycles. The van der Waals surface area contributed by atoms with Gasteiger partial charge in [-0.25, -0.2) is 0 Å². The van der Waals surface area contributed by atoms with Crippen molar-refractivity contribution in [1.82, 2.24) is 0 Å². The molecule has 0 heterocycles. The van der Waals surface area contributed by atoms with E-state index in [-0.39, 0.29) is 5.92 Å². The first-order valence-corrected chi connectivity index (χ1v) is 6.11. The Morgan fingerprint density at radius 1 is 0.889 bits per heavy atom. The first kappa shape index (κ1) is 12.3. The van der Waals surface area contributed by atoms with Crippen molar-refractivity contribution in [3.05, 3.63) is 77.9 Å². The maximum Gasteiger partial charge on any atom is 0.127 e. The Bertz CT molecular complexity index is 500. The Kier molecular flexibility index (Phi) is 4.48. The fourth-order valence-electron chi connectivity index (χ4n) is 1.85. The Balaban J connectivity index is 2.02. The lowest BCUT2D eigenvalue weighted by atomic mass is 9.99. The Labute approximate surface area is 108 Å².